The number of anilines is 1. The van der Waals surface area contributed by atoms with E-state index in [2.05, 4.69) is 14.9 Å². The molecule has 3 heterocycles. The fraction of sp³-hybridized carbons (Fsp3) is 0.419. The fourth-order valence-electron chi connectivity index (χ4n) is 4.63. The second-order valence-electron chi connectivity index (χ2n) is 9.89. The lowest BCUT2D eigenvalue weighted by atomic mass is 10.0. The number of aromatic nitrogens is 4. The van der Waals surface area contributed by atoms with Crippen molar-refractivity contribution in [1.29, 1.82) is 0 Å². The highest BCUT2D eigenvalue weighted by Crippen LogP contribution is 2.33. The number of carbonyl (C=O) groups excluding carboxylic acids is 1. The second kappa shape index (κ2) is 13.1. The minimum Gasteiger partial charge on any atom is -0.355 e. The first kappa shape index (κ1) is 29.2. The molecule has 9 heteroatoms. The number of hydrogen-bond donors (Lipinski definition) is 0. The average Bonchev–Trinajstić information content (AvgIpc) is 3.57. The Labute approximate surface area is 233 Å². The van der Waals surface area contributed by atoms with E-state index in [9.17, 15) is 18.0 Å². The summed E-state index contributed by atoms with van der Waals surface area (Å²) in [5, 5.41) is 0. The van der Waals surface area contributed by atoms with E-state index in [1.165, 1.54) is 37.8 Å². The maximum atomic E-state index is 13.1. The van der Waals surface area contributed by atoms with Gasteiger partial charge in [0.15, 0.2) is 23.6 Å². The van der Waals surface area contributed by atoms with Crippen LogP contribution in [0.2, 0.25) is 0 Å². The number of halogens is 3. The quantitative estimate of drug-likeness (QED) is 0.236. The first-order valence-corrected chi connectivity index (χ1v) is 14.0. The molecule has 0 spiro atoms. The summed E-state index contributed by atoms with van der Waals surface area (Å²) in [7, 11) is 0. The maximum Gasteiger partial charge on any atom is 0.416 e. The van der Waals surface area contributed by atoms with Gasteiger partial charge in [0, 0.05) is 25.2 Å². The number of aryl methyl sites for hydroxylation is 1. The molecule has 2 aliphatic rings. The molecule has 212 valence electrons. The van der Waals surface area contributed by atoms with Crippen LogP contribution in [0.25, 0.3) is 22.6 Å². The number of rotatable bonds is 5. The Hall–Kier alpha value is -3.75. The van der Waals surface area contributed by atoms with Crippen molar-refractivity contribution in [3.63, 3.8) is 0 Å². The third-order valence-electron chi connectivity index (χ3n) is 7.01. The third-order valence-corrected chi connectivity index (χ3v) is 7.01. The van der Waals surface area contributed by atoms with E-state index in [1.807, 2.05) is 49.6 Å². The van der Waals surface area contributed by atoms with Crippen LogP contribution in [0.3, 0.4) is 0 Å². The number of benzene rings is 2. The zero-order chi connectivity index (χ0) is 28.7. The number of alkyl halides is 3. The van der Waals surface area contributed by atoms with Crippen LogP contribution >= 0.6 is 0 Å². The van der Waals surface area contributed by atoms with Crippen molar-refractivity contribution in [1.82, 2.24) is 19.5 Å². The average molecular weight is 552 g/mol. The topological polar surface area (TPSA) is 63.9 Å². The molecule has 2 aromatic carbocycles. The lowest BCUT2D eigenvalue weighted by Crippen LogP contribution is -2.21. The Bertz CT molecular complexity index is 1420. The van der Waals surface area contributed by atoms with Gasteiger partial charge in [0.05, 0.1) is 5.56 Å². The monoisotopic (exact) mass is 551 g/mol. The van der Waals surface area contributed by atoms with Crippen molar-refractivity contribution in [3.8, 4) is 11.4 Å². The van der Waals surface area contributed by atoms with E-state index in [1.54, 1.807) is 0 Å². The van der Waals surface area contributed by atoms with Crippen molar-refractivity contribution in [3.05, 3.63) is 71.0 Å². The number of hydrogen-bond acceptors (Lipinski definition) is 5. The maximum absolute atomic E-state index is 13.1. The van der Waals surface area contributed by atoms with E-state index in [4.69, 9.17) is 4.98 Å². The van der Waals surface area contributed by atoms with Crippen molar-refractivity contribution in [2.75, 3.05) is 18.0 Å². The Morgan fingerprint density at radius 3 is 2.08 bits per heavy atom. The molecule has 0 atom stereocenters. The van der Waals surface area contributed by atoms with Crippen LogP contribution in [0.15, 0.2) is 48.5 Å². The molecule has 6 rings (SSSR count). The molecule has 0 unspecified atom stereocenters. The smallest absolute Gasteiger partial charge is 0.355 e. The number of carbonyl (C=O) groups is 1. The highest BCUT2D eigenvalue weighted by molar-refractivity contribution is 5.90. The predicted octanol–water partition coefficient (Wildman–Crippen LogP) is 7.87. The van der Waals surface area contributed by atoms with Gasteiger partial charge in [-0.15, -0.1) is 0 Å². The Balaban J connectivity index is 0.000000556. The summed E-state index contributed by atoms with van der Waals surface area (Å²) in [6.07, 6.45) is 4.24. The van der Waals surface area contributed by atoms with Gasteiger partial charge in [0.2, 0.25) is 0 Å². The standard InChI is InChI=1S/C25H22F3N5O.C4H8.C2H6/c1-16-5-4-6-18(13-16)23-31-22-21(24(30-20(15-34)29-22)32-11-2-3-12-32)33(23)14-17-7-9-19(10-8-17)25(26,27)28;1-2-4-3-1;1-2/h4-10,13,15H,2-3,11-12,14H2,1H3;1-4H2;1-2H3. The predicted molar refractivity (Wildman–Crippen MR) is 153 cm³/mol. The van der Waals surface area contributed by atoms with Gasteiger partial charge in [-0.2, -0.15) is 13.2 Å². The molecule has 1 saturated heterocycles. The minimum absolute atomic E-state index is 0.0596. The van der Waals surface area contributed by atoms with E-state index in [0.29, 0.717) is 34.7 Å². The number of nitrogens with zero attached hydrogens (tertiary/aromatic N) is 5. The van der Waals surface area contributed by atoms with E-state index >= 15 is 0 Å². The first-order valence-electron chi connectivity index (χ1n) is 14.0. The highest BCUT2D eigenvalue weighted by atomic mass is 19.4. The zero-order valence-electron chi connectivity index (χ0n) is 23.3. The molecule has 6 nitrogen and oxygen atoms in total. The van der Waals surface area contributed by atoms with Gasteiger partial charge in [-0.05, 0) is 43.5 Å². The van der Waals surface area contributed by atoms with Crippen molar-refractivity contribution < 1.29 is 18.0 Å². The highest BCUT2D eigenvalue weighted by Gasteiger charge is 2.30. The molecule has 0 bridgehead atoms. The lowest BCUT2D eigenvalue weighted by molar-refractivity contribution is -0.137. The van der Waals surface area contributed by atoms with Crippen LogP contribution in [0.1, 0.15) is 79.7 Å². The molecule has 2 fully saturated rings. The summed E-state index contributed by atoms with van der Waals surface area (Å²) in [6.45, 7) is 7.86. The van der Waals surface area contributed by atoms with Crippen LogP contribution < -0.4 is 4.90 Å². The summed E-state index contributed by atoms with van der Waals surface area (Å²) >= 11 is 0. The molecule has 0 N–H and O–H groups in total. The van der Waals surface area contributed by atoms with E-state index < -0.39 is 11.7 Å². The number of aldehydes is 1. The van der Waals surface area contributed by atoms with Crippen LogP contribution in [0.4, 0.5) is 19.0 Å². The zero-order valence-corrected chi connectivity index (χ0v) is 23.3. The Kier molecular flexibility index (Phi) is 9.55. The third kappa shape index (κ3) is 6.69. The molecule has 0 amide bonds. The number of imidazole rings is 1. The molecule has 1 aliphatic heterocycles. The molecular weight excluding hydrogens is 515 g/mol. The van der Waals surface area contributed by atoms with Gasteiger partial charge < -0.3 is 9.47 Å². The molecule has 4 aromatic rings. The Morgan fingerprint density at radius 2 is 1.52 bits per heavy atom. The second-order valence-corrected chi connectivity index (χ2v) is 9.89. The fourth-order valence-corrected chi connectivity index (χ4v) is 4.63. The summed E-state index contributed by atoms with van der Waals surface area (Å²) < 4.78 is 41.1. The summed E-state index contributed by atoms with van der Waals surface area (Å²) in [5.74, 6) is 1.31. The van der Waals surface area contributed by atoms with Gasteiger partial charge >= 0.3 is 6.18 Å². The van der Waals surface area contributed by atoms with Crippen molar-refractivity contribution in [2.24, 2.45) is 0 Å². The summed E-state index contributed by atoms with van der Waals surface area (Å²) in [4.78, 5) is 27.3. The van der Waals surface area contributed by atoms with Crippen LogP contribution in [-0.4, -0.2) is 38.9 Å². The molecule has 1 saturated carbocycles. The van der Waals surface area contributed by atoms with Crippen LogP contribution in [0, 0.1) is 6.92 Å². The largest absolute Gasteiger partial charge is 0.416 e. The lowest BCUT2D eigenvalue weighted by Gasteiger charge is -2.19. The van der Waals surface area contributed by atoms with Crippen LogP contribution in [0.5, 0.6) is 0 Å². The van der Waals surface area contributed by atoms with Gasteiger partial charge in [0.25, 0.3) is 0 Å². The van der Waals surface area contributed by atoms with E-state index in [-0.39, 0.29) is 12.4 Å². The summed E-state index contributed by atoms with van der Waals surface area (Å²) in [5.41, 5.74) is 2.96. The van der Waals surface area contributed by atoms with Gasteiger partial charge in [-0.25, -0.2) is 15.0 Å². The normalized spacial score (nSPS) is 14.6. The molecule has 0 radical (unpaired) electrons. The molecule has 1 aliphatic carbocycles. The molecule has 40 heavy (non-hydrogen) atoms. The first-order chi connectivity index (χ1) is 19.3. The summed E-state index contributed by atoms with van der Waals surface area (Å²) in [6, 6.07) is 13.0. The van der Waals surface area contributed by atoms with Gasteiger partial charge in [0.1, 0.15) is 11.3 Å². The Morgan fingerprint density at radius 1 is 0.875 bits per heavy atom. The molecular formula is C31H36F3N5O. The molecule has 2 aromatic heterocycles. The van der Waals surface area contributed by atoms with Gasteiger partial charge in [-0.1, -0.05) is 75.4 Å². The SMILES string of the molecule is C1CCC1.CC.Cc1cccc(-c2nc3nc(C=O)nc(N4CCCC4)c3n2Cc2ccc(C(F)(F)F)cc2)c1. The van der Waals surface area contributed by atoms with Crippen LogP contribution in [-0.2, 0) is 12.7 Å². The minimum atomic E-state index is -4.39. The van der Waals surface area contributed by atoms with Crippen molar-refractivity contribution >= 4 is 23.3 Å². The number of fused-ring (bicyclic) bond motifs is 1. The van der Waals surface area contributed by atoms with Crippen molar-refractivity contribution in [2.45, 2.75) is 72.0 Å². The van der Waals surface area contributed by atoms with E-state index in [0.717, 1.165) is 49.2 Å². The van der Waals surface area contributed by atoms with Gasteiger partial charge in [-0.3, -0.25) is 4.79 Å².